The van der Waals surface area contributed by atoms with Crippen molar-refractivity contribution in [3.05, 3.63) is 48.0 Å². The fraction of sp³-hybridized carbons (Fsp3) is 0.429. The average Bonchev–Trinajstić information content (AvgIpc) is 2.90. The van der Waals surface area contributed by atoms with Crippen molar-refractivity contribution in [3.8, 4) is 0 Å². The number of pyridine rings is 1. The summed E-state index contributed by atoms with van der Waals surface area (Å²) in [5.74, 6) is 5.68. The van der Waals surface area contributed by atoms with Gasteiger partial charge in [-0.15, -0.1) is 0 Å². The van der Waals surface area contributed by atoms with Gasteiger partial charge in [-0.05, 0) is 37.5 Å². The van der Waals surface area contributed by atoms with Crippen LogP contribution in [0.15, 0.2) is 36.7 Å². The maximum Gasteiger partial charge on any atom is 0.0632 e. The van der Waals surface area contributed by atoms with Crippen molar-refractivity contribution >= 4 is 0 Å². The Labute approximate surface area is 113 Å². The molecule has 102 valence electrons. The van der Waals surface area contributed by atoms with E-state index in [0.717, 1.165) is 37.2 Å². The minimum atomic E-state index is 0.107. The largest absolute Gasteiger partial charge is 0.271 e. The number of aromatic nitrogens is 3. The van der Waals surface area contributed by atoms with Crippen LogP contribution in [0.2, 0.25) is 0 Å². The predicted molar refractivity (Wildman–Crippen MR) is 75.1 cm³/mol. The van der Waals surface area contributed by atoms with Crippen LogP contribution in [-0.4, -0.2) is 14.8 Å². The molecule has 1 unspecified atom stereocenters. The second-order valence-electron chi connectivity index (χ2n) is 4.56. The summed E-state index contributed by atoms with van der Waals surface area (Å²) in [5, 5.41) is 4.34. The van der Waals surface area contributed by atoms with Gasteiger partial charge < -0.3 is 0 Å². The van der Waals surface area contributed by atoms with Crippen LogP contribution in [0, 0.1) is 0 Å². The van der Waals surface area contributed by atoms with Gasteiger partial charge >= 0.3 is 0 Å². The summed E-state index contributed by atoms with van der Waals surface area (Å²) < 4.78 is 2.02. The van der Waals surface area contributed by atoms with E-state index in [9.17, 15) is 0 Å². The topological polar surface area (TPSA) is 68.8 Å². The lowest BCUT2D eigenvalue weighted by Gasteiger charge is -2.17. The molecule has 0 aliphatic rings. The first-order valence-electron chi connectivity index (χ1n) is 6.73. The molecule has 3 N–H and O–H groups in total. The maximum atomic E-state index is 5.68. The fourth-order valence-corrected chi connectivity index (χ4v) is 2.19. The van der Waals surface area contributed by atoms with E-state index in [1.165, 1.54) is 0 Å². The number of nitrogens with one attached hydrogen (secondary N) is 1. The third kappa shape index (κ3) is 3.62. The number of hydrazine groups is 1. The molecule has 1 atom stereocenters. The van der Waals surface area contributed by atoms with Crippen LogP contribution in [0.1, 0.15) is 37.2 Å². The molecule has 5 nitrogen and oxygen atoms in total. The summed E-state index contributed by atoms with van der Waals surface area (Å²) in [6, 6.07) is 8.11. The average molecular weight is 259 g/mol. The summed E-state index contributed by atoms with van der Waals surface area (Å²) in [6.07, 6.45) is 6.51. The Balaban J connectivity index is 2.01. The number of rotatable bonds is 7. The molecule has 0 aromatic carbocycles. The van der Waals surface area contributed by atoms with Crippen molar-refractivity contribution in [3.63, 3.8) is 0 Å². The van der Waals surface area contributed by atoms with Crippen LogP contribution in [0.5, 0.6) is 0 Å². The minimum Gasteiger partial charge on any atom is -0.271 e. The molecule has 0 aliphatic heterocycles. The second kappa shape index (κ2) is 7.01. The molecule has 0 spiro atoms. The van der Waals surface area contributed by atoms with E-state index in [0.29, 0.717) is 0 Å². The molecule has 2 rings (SSSR count). The van der Waals surface area contributed by atoms with E-state index in [4.69, 9.17) is 5.84 Å². The highest BCUT2D eigenvalue weighted by Crippen LogP contribution is 2.18. The van der Waals surface area contributed by atoms with Gasteiger partial charge in [0.15, 0.2) is 0 Å². The zero-order chi connectivity index (χ0) is 13.5. The van der Waals surface area contributed by atoms with Crippen molar-refractivity contribution in [2.24, 2.45) is 5.84 Å². The van der Waals surface area contributed by atoms with Gasteiger partial charge in [0.2, 0.25) is 0 Å². The predicted octanol–water partition coefficient (Wildman–Crippen LogP) is 1.83. The lowest BCUT2D eigenvalue weighted by Crippen LogP contribution is -2.30. The number of nitrogens with zero attached hydrogens (tertiary/aromatic N) is 3. The van der Waals surface area contributed by atoms with Crippen molar-refractivity contribution < 1.29 is 0 Å². The Kier molecular flexibility index (Phi) is 5.06. The molecule has 0 radical (unpaired) electrons. The SMILES string of the molecule is CCCn1nccc1C(CCc1ccccn1)NN. The Morgan fingerprint density at radius 1 is 1.32 bits per heavy atom. The maximum absolute atomic E-state index is 5.68. The quantitative estimate of drug-likeness (QED) is 0.588. The lowest BCUT2D eigenvalue weighted by atomic mass is 10.1. The Morgan fingerprint density at radius 2 is 2.21 bits per heavy atom. The fourth-order valence-electron chi connectivity index (χ4n) is 2.19. The standard InChI is InChI=1S/C14H21N5/c1-2-11-19-14(8-10-17-19)13(18-15)7-6-12-5-3-4-9-16-12/h3-5,8-10,13,18H,2,6-7,11,15H2,1H3. The highest BCUT2D eigenvalue weighted by molar-refractivity contribution is 5.09. The van der Waals surface area contributed by atoms with Crippen molar-refractivity contribution in [1.82, 2.24) is 20.2 Å². The number of hydrogen-bond donors (Lipinski definition) is 2. The first kappa shape index (κ1) is 13.7. The zero-order valence-corrected chi connectivity index (χ0v) is 11.3. The summed E-state index contributed by atoms with van der Waals surface area (Å²) in [4.78, 5) is 4.33. The van der Waals surface area contributed by atoms with Gasteiger partial charge in [-0.2, -0.15) is 5.10 Å². The van der Waals surface area contributed by atoms with E-state index < -0.39 is 0 Å². The van der Waals surface area contributed by atoms with Crippen LogP contribution in [0.3, 0.4) is 0 Å². The minimum absolute atomic E-state index is 0.107. The van der Waals surface area contributed by atoms with E-state index >= 15 is 0 Å². The third-order valence-electron chi connectivity index (χ3n) is 3.16. The van der Waals surface area contributed by atoms with Crippen LogP contribution < -0.4 is 11.3 Å². The van der Waals surface area contributed by atoms with E-state index in [2.05, 4.69) is 22.4 Å². The molecular weight excluding hydrogens is 238 g/mol. The molecular formula is C14H21N5. The van der Waals surface area contributed by atoms with Crippen molar-refractivity contribution in [2.45, 2.75) is 38.8 Å². The smallest absolute Gasteiger partial charge is 0.0632 e. The summed E-state index contributed by atoms with van der Waals surface area (Å²) in [7, 11) is 0. The van der Waals surface area contributed by atoms with Gasteiger partial charge in [0.25, 0.3) is 0 Å². The van der Waals surface area contributed by atoms with Crippen LogP contribution >= 0.6 is 0 Å². The highest BCUT2D eigenvalue weighted by atomic mass is 15.3. The van der Waals surface area contributed by atoms with Crippen LogP contribution in [-0.2, 0) is 13.0 Å². The number of nitrogens with two attached hydrogens (primary N) is 1. The monoisotopic (exact) mass is 259 g/mol. The van der Waals surface area contributed by atoms with Gasteiger partial charge in [-0.3, -0.25) is 20.9 Å². The van der Waals surface area contributed by atoms with E-state index in [1.54, 1.807) is 0 Å². The molecule has 0 saturated carbocycles. The molecule has 2 aromatic rings. The van der Waals surface area contributed by atoms with Gasteiger partial charge in [0.05, 0.1) is 11.7 Å². The van der Waals surface area contributed by atoms with Crippen LogP contribution in [0.4, 0.5) is 0 Å². The van der Waals surface area contributed by atoms with Crippen molar-refractivity contribution in [2.75, 3.05) is 0 Å². The second-order valence-corrected chi connectivity index (χ2v) is 4.56. The molecule has 0 saturated heterocycles. The summed E-state index contributed by atoms with van der Waals surface area (Å²) in [6.45, 7) is 3.06. The first-order valence-corrected chi connectivity index (χ1v) is 6.73. The van der Waals surface area contributed by atoms with E-state index in [1.807, 2.05) is 41.3 Å². The van der Waals surface area contributed by atoms with Gasteiger partial charge in [0.1, 0.15) is 0 Å². The third-order valence-corrected chi connectivity index (χ3v) is 3.16. The van der Waals surface area contributed by atoms with Gasteiger partial charge in [0, 0.05) is 24.6 Å². The Bertz CT molecular complexity index is 480. The lowest BCUT2D eigenvalue weighted by molar-refractivity contribution is 0.456. The summed E-state index contributed by atoms with van der Waals surface area (Å²) in [5.41, 5.74) is 5.11. The number of aryl methyl sites for hydroxylation is 2. The molecule has 2 heterocycles. The van der Waals surface area contributed by atoms with E-state index in [-0.39, 0.29) is 6.04 Å². The van der Waals surface area contributed by atoms with Crippen LogP contribution in [0.25, 0.3) is 0 Å². The van der Waals surface area contributed by atoms with Gasteiger partial charge in [-0.1, -0.05) is 13.0 Å². The Morgan fingerprint density at radius 3 is 2.89 bits per heavy atom. The Hall–Kier alpha value is -1.72. The molecule has 0 bridgehead atoms. The highest BCUT2D eigenvalue weighted by Gasteiger charge is 2.14. The molecule has 0 fully saturated rings. The van der Waals surface area contributed by atoms with Gasteiger partial charge in [-0.25, -0.2) is 0 Å². The van der Waals surface area contributed by atoms with Crippen molar-refractivity contribution in [1.29, 1.82) is 0 Å². The summed E-state index contributed by atoms with van der Waals surface area (Å²) >= 11 is 0. The molecule has 19 heavy (non-hydrogen) atoms. The normalized spacial score (nSPS) is 12.5. The molecule has 0 amide bonds. The first-order chi connectivity index (χ1) is 9.35. The molecule has 0 aliphatic carbocycles. The number of hydrogen-bond acceptors (Lipinski definition) is 4. The molecule has 5 heteroatoms. The molecule has 2 aromatic heterocycles. The zero-order valence-electron chi connectivity index (χ0n) is 11.3.